The summed E-state index contributed by atoms with van der Waals surface area (Å²) in [5.74, 6) is 0.811. The van der Waals surface area contributed by atoms with E-state index in [1.807, 2.05) is 60.4 Å². The number of aryl methyl sites for hydroxylation is 1. The van der Waals surface area contributed by atoms with E-state index in [-0.39, 0.29) is 5.56 Å². The average Bonchev–Trinajstić information content (AvgIpc) is 2.77. The lowest BCUT2D eigenvalue weighted by Gasteiger charge is -2.26. The second kappa shape index (κ2) is 11.1. The fraction of sp³-hybridized carbons (Fsp3) is 0.360. The first-order valence-electron chi connectivity index (χ1n) is 10.8. The van der Waals surface area contributed by atoms with Crippen molar-refractivity contribution in [3.8, 4) is 5.75 Å². The van der Waals surface area contributed by atoms with Gasteiger partial charge in [0, 0.05) is 18.7 Å². The summed E-state index contributed by atoms with van der Waals surface area (Å²) in [5.41, 5.74) is 3.64. The zero-order chi connectivity index (χ0) is 23.1. The lowest BCUT2D eigenvalue weighted by Crippen LogP contribution is -2.40. The molecule has 170 valence electrons. The number of para-hydroxylation sites is 1. The third-order valence-corrected chi connectivity index (χ3v) is 5.81. The summed E-state index contributed by atoms with van der Waals surface area (Å²) in [5, 5.41) is 5.02. The van der Waals surface area contributed by atoms with E-state index in [9.17, 15) is 4.79 Å². The maximum absolute atomic E-state index is 12.8. The zero-order valence-electron chi connectivity index (χ0n) is 19.3. The summed E-state index contributed by atoms with van der Waals surface area (Å²) in [7, 11) is 5.77. The second-order valence-corrected chi connectivity index (χ2v) is 8.64. The minimum atomic E-state index is -0.0815. The predicted molar refractivity (Wildman–Crippen MR) is 135 cm³/mol. The van der Waals surface area contributed by atoms with Crippen molar-refractivity contribution in [2.24, 2.45) is 0 Å². The molecule has 0 unspecified atom stereocenters. The van der Waals surface area contributed by atoms with Crippen LogP contribution in [0.25, 0.3) is 10.9 Å². The molecule has 1 heterocycles. The molecule has 0 amide bonds. The topological polar surface area (TPSA) is 60.6 Å². The maximum atomic E-state index is 12.8. The highest BCUT2D eigenvalue weighted by Crippen LogP contribution is 2.18. The van der Waals surface area contributed by atoms with Crippen LogP contribution in [-0.2, 0) is 13.1 Å². The summed E-state index contributed by atoms with van der Waals surface area (Å²) in [4.78, 5) is 20.1. The van der Waals surface area contributed by atoms with Crippen LogP contribution in [0.5, 0.6) is 5.75 Å². The Morgan fingerprint density at radius 3 is 2.56 bits per heavy atom. The predicted octanol–water partition coefficient (Wildman–Crippen LogP) is 3.67. The summed E-state index contributed by atoms with van der Waals surface area (Å²) < 4.78 is 5.27. The molecule has 1 aromatic heterocycles. The molecule has 0 bridgehead atoms. The molecule has 0 aliphatic carbocycles. The Morgan fingerprint density at radius 1 is 1.12 bits per heavy atom. The number of rotatable bonds is 9. The van der Waals surface area contributed by atoms with Gasteiger partial charge in [-0.25, -0.2) is 0 Å². The number of aromatic nitrogens is 1. The summed E-state index contributed by atoms with van der Waals surface area (Å²) in [6.45, 7) is 4.78. The number of nitrogens with zero attached hydrogens (tertiary/aromatic N) is 2. The Morgan fingerprint density at radius 2 is 1.88 bits per heavy atom. The van der Waals surface area contributed by atoms with Crippen LogP contribution in [0, 0.1) is 6.92 Å². The molecule has 0 radical (unpaired) electrons. The number of pyridine rings is 1. The van der Waals surface area contributed by atoms with Crippen LogP contribution in [0.1, 0.15) is 23.1 Å². The number of hydrogen-bond acceptors (Lipinski definition) is 4. The van der Waals surface area contributed by atoms with E-state index in [0.717, 1.165) is 47.3 Å². The molecule has 0 atom stereocenters. The van der Waals surface area contributed by atoms with Crippen molar-refractivity contribution in [2.45, 2.75) is 26.4 Å². The molecule has 0 aliphatic heterocycles. The molecule has 3 rings (SSSR count). The van der Waals surface area contributed by atoms with Gasteiger partial charge in [0.05, 0.1) is 19.2 Å². The Balaban J connectivity index is 1.82. The van der Waals surface area contributed by atoms with Crippen molar-refractivity contribution in [1.82, 2.24) is 20.1 Å². The van der Waals surface area contributed by atoms with Crippen LogP contribution >= 0.6 is 12.2 Å². The normalized spacial score (nSPS) is 11.0. The van der Waals surface area contributed by atoms with E-state index in [1.165, 1.54) is 0 Å². The molecule has 32 heavy (non-hydrogen) atoms. The van der Waals surface area contributed by atoms with E-state index < -0.39 is 0 Å². The van der Waals surface area contributed by atoms with Crippen LogP contribution in [-0.4, -0.2) is 54.2 Å². The lowest BCUT2D eigenvalue weighted by molar-refractivity contribution is 0.383. The van der Waals surface area contributed by atoms with Gasteiger partial charge >= 0.3 is 0 Å². The Bertz CT molecular complexity index is 1110. The maximum Gasteiger partial charge on any atom is 0.253 e. The fourth-order valence-electron chi connectivity index (χ4n) is 3.60. The molecule has 3 aromatic rings. The molecule has 0 saturated carbocycles. The standard InChI is InChI=1S/C25H32N4O2S/c1-18-7-5-8-20-15-21(24(30)27-23(18)20)17-29(25(32)26-13-6-14-28(2)3)16-19-9-11-22(31-4)12-10-19/h5,7-12,15H,6,13-14,16-17H2,1-4H3,(H,26,32)(H,27,30). The van der Waals surface area contributed by atoms with Gasteiger partial charge in [0.1, 0.15) is 5.75 Å². The Labute approximate surface area is 195 Å². The van der Waals surface area contributed by atoms with E-state index in [0.29, 0.717) is 23.8 Å². The molecule has 0 saturated heterocycles. The minimum absolute atomic E-state index is 0.0815. The first kappa shape index (κ1) is 23.8. The van der Waals surface area contributed by atoms with Gasteiger partial charge in [-0.1, -0.05) is 30.3 Å². The highest BCUT2D eigenvalue weighted by molar-refractivity contribution is 7.80. The molecular weight excluding hydrogens is 420 g/mol. The minimum Gasteiger partial charge on any atom is -0.497 e. The van der Waals surface area contributed by atoms with Crippen molar-refractivity contribution in [3.05, 3.63) is 75.6 Å². The van der Waals surface area contributed by atoms with Gasteiger partial charge in [0.15, 0.2) is 5.11 Å². The van der Waals surface area contributed by atoms with Crippen molar-refractivity contribution >= 4 is 28.2 Å². The zero-order valence-corrected chi connectivity index (χ0v) is 20.1. The molecule has 6 nitrogen and oxygen atoms in total. The molecule has 7 heteroatoms. The molecule has 0 fully saturated rings. The first-order chi connectivity index (χ1) is 15.4. The summed E-state index contributed by atoms with van der Waals surface area (Å²) in [6, 6.07) is 15.9. The Hall–Kier alpha value is -2.90. The summed E-state index contributed by atoms with van der Waals surface area (Å²) >= 11 is 5.73. The molecular formula is C25H32N4O2S. The van der Waals surface area contributed by atoms with E-state index in [2.05, 4.69) is 29.3 Å². The monoisotopic (exact) mass is 452 g/mol. The van der Waals surface area contributed by atoms with Gasteiger partial charge < -0.3 is 24.8 Å². The highest BCUT2D eigenvalue weighted by atomic mass is 32.1. The highest BCUT2D eigenvalue weighted by Gasteiger charge is 2.14. The van der Waals surface area contributed by atoms with Crippen LogP contribution in [0.2, 0.25) is 0 Å². The van der Waals surface area contributed by atoms with Crippen LogP contribution in [0.4, 0.5) is 0 Å². The van der Waals surface area contributed by atoms with Gasteiger partial charge in [-0.3, -0.25) is 4.79 Å². The van der Waals surface area contributed by atoms with Crippen LogP contribution in [0.3, 0.4) is 0 Å². The number of thiocarbonyl (C=S) groups is 1. The Kier molecular flexibility index (Phi) is 8.25. The quantitative estimate of drug-likeness (QED) is 0.382. The third-order valence-electron chi connectivity index (χ3n) is 5.40. The molecule has 2 aromatic carbocycles. The van der Waals surface area contributed by atoms with Gasteiger partial charge in [0.25, 0.3) is 5.56 Å². The number of benzene rings is 2. The molecule has 0 spiro atoms. The summed E-state index contributed by atoms with van der Waals surface area (Å²) in [6.07, 6.45) is 0.985. The molecule has 0 aliphatic rings. The van der Waals surface area contributed by atoms with Crippen molar-refractivity contribution < 1.29 is 4.74 Å². The number of aromatic amines is 1. The van der Waals surface area contributed by atoms with Gasteiger partial charge in [-0.2, -0.15) is 0 Å². The van der Waals surface area contributed by atoms with Crippen molar-refractivity contribution in [3.63, 3.8) is 0 Å². The van der Waals surface area contributed by atoms with Crippen LogP contribution < -0.4 is 15.6 Å². The largest absolute Gasteiger partial charge is 0.497 e. The molecule has 2 N–H and O–H groups in total. The SMILES string of the molecule is COc1ccc(CN(Cc2cc3cccc(C)c3[nH]c2=O)C(=S)NCCCN(C)C)cc1. The van der Waals surface area contributed by atoms with E-state index >= 15 is 0 Å². The van der Waals surface area contributed by atoms with Gasteiger partial charge in [0.2, 0.25) is 0 Å². The second-order valence-electron chi connectivity index (χ2n) is 8.26. The number of fused-ring (bicyclic) bond motifs is 1. The fourth-order valence-corrected chi connectivity index (χ4v) is 3.84. The van der Waals surface area contributed by atoms with E-state index in [4.69, 9.17) is 17.0 Å². The number of nitrogens with one attached hydrogen (secondary N) is 2. The smallest absolute Gasteiger partial charge is 0.253 e. The lowest BCUT2D eigenvalue weighted by atomic mass is 10.1. The van der Waals surface area contributed by atoms with Crippen molar-refractivity contribution in [1.29, 1.82) is 0 Å². The third kappa shape index (κ3) is 6.31. The number of methoxy groups -OCH3 is 1. The number of H-pyrrole nitrogens is 1. The van der Waals surface area contributed by atoms with E-state index in [1.54, 1.807) is 7.11 Å². The number of hydrogen-bond donors (Lipinski definition) is 2. The average molecular weight is 453 g/mol. The van der Waals surface area contributed by atoms with Gasteiger partial charge in [-0.15, -0.1) is 0 Å². The number of ether oxygens (including phenoxy) is 1. The van der Waals surface area contributed by atoms with Crippen LogP contribution in [0.15, 0.2) is 53.3 Å². The van der Waals surface area contributed by atoms with Gasteiger partial charge in [-0.05, 0) is 80.9 Å². The first-order valence-corrected chi connectivity index (χ1v) is 11.2. The van der Waals surface area contributed by atoms with Crippen molar-refractivity contribution in [2.75, 3.05) is 34.3 Å².